The first-order valence-electron chi connectivity index (χ1n) is 6.03. The SMILES string of the molecule is O.O.O.O=C1[O][SbH]23[O]C(=O)C([O]2)C2[O][SbH]4([O]C(=O)C([O]4)C1[O]3)[O]C2=O.[H-].[H-].[K+].[K+]. The van der Waals surface area contributed by atoms with Crippen LogP contribution >= 0.6 is 0 Å². The minimum absolute atomic E-state index is 0. The van der Waals surface area contributed by atoms with E-state index in [9.17, 15) is 19.2 Å². The Morgan fingerprint density at radius 3 is 0.889 bits per heavy atom. The first kappa shape index (κ1) is 29.5. The van der Waals surface area contributed by atoms with E-state index in [0.717, 1.165) is 0 Å². The molecule has 6 bridgehead atoms. The maximum absolute atomic E-state index is 11.9. The molecule has 5 saturated heterocycles. The fraction of sp³-hybridized carbons (Fsp3) is 0.500. The van der Waals surface area contributed by atoms with Gasteiger partial charge in [0.2, 0.25) is 0 Å². The molecule has 5 aliphatic heterocycles. The molecular formula is C8H14K2O15Sb2. The van der Waals surface area contributed by atoms with Gasteiger partial charge in [-0.2, -0.15) is 0 Å². The van der Waals surface area contributed by atoms with E-state index < -0.39 is 89.3 Å². The van der Waals surface area contributed by atoms with Crippen LogP contribution < -0.4 is 103 Å². The molecule has 5 rings (SSSR count). The summed E-state index contributed by atoms with van der Waals surface area (Å²) in [6.45, 7) is 0. The van der Waals surface area contributed by atoms with Gasteiger partial charge in [-0.25, -0.2) is 0 Å². The molecule has 4 unspecified atom stereocenters. The van der Waals surface area contributed by atoms with Gasteiger partial charge >= 0.3 is 235 Å². The second kappa shape index (κ2) is 9.97. The maximum Gasteiger partial charge on any atom is 1.00 e. The minimum Gasteiger partial charge on any atom is -1.00 e. The van der Waals surface area contributed by atoms with Crippen molar-refractivity contribution in [1.82, 2.24) is 0 Å². The van der Waals surface area contributed by atoms with Gasteiger partial charge < -0.3 is 19.3 Å². The minimum atomic E-state index is -4.99. The zero-order valence-electron chi connectivity index (χ0n) is 15.7. The van der Waals surface area contributed by atoms with Gasteiger partial charge in [0.1, 0.15) is 0 Å². The van der Waals surface area contributed by atoms with Gasteiger partial charge in [0.15, 0.2) is 0 Å². The van der Waals surface area contributed by atoms with E-state index in [-0.39, 0.29) is 122 Å². The fourth-order valence-electron chi connectivity index (χ4n) is 2.57. The van der Waals surface area contributed by atoms with Crippen LogP contribution in [0.4, 0.5) is 0 Å². The van der Waals surface area contributed by atoms with E-state index in [1.54, 1.807) is 0 Å². The summed E-state index contributed by atoms with van der Waals surface area (Å²) >= 11 is -9.98. The van der Waals surface area contributed by atoms with Gasteiger partial charge in [0.25, 0.3) is 0 Å². The van der Waals surface area contributed by atoms with Crippen LogP contribution in [-0.2, 0) is 43.3 Å². The number of rotatable bonds is 0. The van der Waals surface area contributed by atoms with E-state index in [4.69, 9.17) is 24.1 Å². The molecule has 2 spiro atoms. The average molecular weight is 672 g/mol. The molecule has 0 aromatic heterocycles. The summed E-state index contributed by atoms with van der Waals surface area (Å²) in [6, 6.07) is 0. The van der Waals surface area contributed by atoms with Crippen molar-refractivity contribution in [2.75, 3.05) is 0 Å². The van der Waals surface area contributed by atoms with Crippen molar-refractivity contribution >= 4 is 64.8 Å². The molecule has 0 aromatic carbocycles. The molecule has 148 valence electrons. The third-order valence-electron chi connectivity index (χ3n) is 3.47. The zero-order chi connectivity index (χ0) is 15.3. The Morgan fingerprint density at radius 2 is 0.704 bits per heavy atom. The monoisotopic (exact) mass is 670 g/mol. The molecule has 0 radical (unpaired) electrons. The predicted molar refractivity (Wildman–Crippen MR) is 71.2 cm³/mol. The zero-order valence-corrected chi connectivity index (χ0v) is 25.7. The largest absolute Gasteiger partial charge is 1.00 e. The van der Waals surface area contributed by atoms with Crippen LogP contribution in [0.5, 0.6) is 0 Å². The van der Waals surface area contributed by atoms with E-state index >= 15 is 0 Å². The van der Waals surface area contributed by atoms with Crippen molar-refractivity contribution in [3.63, 3.8) is 0 Å². The van der Waals surface area contributed by atoms with Gasteiger partial charge in [0, 0.05) is 0 Å². The van der Waals surface area contributed by atoms with Crippen LogP contribution in [0.3, 0.4) is 0 Å². The number of fused-ring (bicyclic) bond motifs is 6. The average Bonchev–Trinajstić information content (AvgIpc) is 3.09. The Morgan fingerprint density at radius 1 is 0.519 bits per heavy atom. The maximum atomic E-state index is 11.9. The summed E-state index contributed by atoms with van der Waals surface area (Å²) in [5.41, 5.74) is 0. The van der Waals surface area contributed by atoms with Crippen LogP contribution in [-0.4, -0.2) is 106 Å². The molecule has 4 atom stereocenters. The van der Waals surface area contributed by atoms with Crippen molar-refractivity contribution in [2.24, 2.45) is 0 Å². The molecule has 5 fully saturated rings. The molecule has 5 aliphatic rings. The predicted octanol–water partition coefficient (Wildman–Crippen LogP) is -12.1. The van der Waals surface area contributed by atoms with Gasteiger partial charge in [-0.05, 0) is 0 Å². The smallest absolute Gasteiger partial charge is 1.00 e. The molecule has 19 heteroatoms. The molecule has 27 heavy (non-hydrogen) atoms. The van der Waals surface area contributed by atoms with Crippen molar-refractivity contribution < 1.29 is 165 Å². The van der Waals surface area contributed by atoms with Crippen LogP contribution in [0, 0.1) is 0 Å². The Hall–Kier alpha value is 2.51. The van der Waals surface area contributed by atoms with Crippen LogP contribution in [0.15, 0.2) is 0 Å². The molecule has 0 amide bonds. The summed E-state index contributed by atoms with van der Waals surface area (Å²) in [5, 5.41) is 0. The van der Waals surface area contributed by atoms with Gasteiger partial charge in [-0.15, -0.1) is 0 Å². The van der Waals surface area contributed by atoms with Gasteiger partial charge in [-0.3, -0.25) is 0 Å². The van der Waals surface area contributed by atoms with Gasteiger partial charge in [-0.1, -0.05) is 0 Å². The van der Waals surface area contributed by atoms with Crippen LogP contribution in [0.1, 0.15) is 2.85 Å². The van der Waals surface area contributed by atoms with E-state index in [1.807, 2.05) is 0 Å². The second-order valence-corrected chi connectivity index (χ2v) is 15.6. The Balaban J connectivity index is -0.000000966. The molecule has 0 aliphatic carbocycles. The third-order valence-corrected chi connectivity index (χ3v) is 14.8. The molecule has 15 nitrogen and oxygen atoms in total. The summed E-state index contributed by atoms with van der Waals surface area (Å²) in [7, 11) is 0. The standard InChI is InChI=1S/2C4H4O6.2K.3H2O.2Sb.4H/c2*5-1(3(7)8)2(6)4(9)10;;;;;;;;;;;/h2*1-2H,(H,7,8)(H,9,10);;;3*1H2;;;;;;/q2*-2;2*+1;;;;2*+4;;;2*-1/p-4. The number of hydrogen-bond donors (Lipinski definition) is 0. The van der Waals surface area contributed by atoms with E-state index in [2.05, 4.69) is 0 Å². The van der Waals surface area contributed by atoms with E-state index in [0.29, 0.717) is 0 Å². The molecule has 6 N–H and O–H groups in total. The van der Waals surface area contributed by atoms with Crippen LogP contribution in [0.2, 0.25) is 0 Å². The molecule has 5 heterocycles. The summed E-state index contributed by atoms with van der Waals surface area (Å²) in [6.07, 6.45) is -6.04. The van der Waals surface area contributed by atoms with Crippen molar-refractivity contribution in [2.45, 2.75) is 24.4 Å². The molecule has 0 saturated carbocycles. The van der Waals surface area contributed by atoms with E-state index in [1.165, 1.54) is 0 Å². The number of carbonyl (C=O) groups is 4. The quantitative estimate of drug-likeness (QED) is 0.218. The molecular weight excluding hydrogens is 658 g/mol. The topological polar surface area (TPSA) is 237 Å². The van der Waals surface area contributed by atoms with Crippen LogP contribution in [0.25, 0.3) is 0 Å². The molecule has 0 aromatic rings. The van der Waals surface area contributed by atoms with Crippen molar-refractivity contribution in [3.05, 3.63) is 0 Å². The van der Waals surface area contributed by atoms with Crippen molar-refractivity contribution in [3.8, 4) is 0 Å². The Bertz CT molecular complexity index is 571. The summed E-state index contributed by atoms with van der Waals surface area (Å²) < 4.78 is 41.1. The number of carbonyl (C=O) groups excluding carboxylic acids is 4. The first-order valence-corrected chi connectivity index (χ1v) is 15.4. The number of hydrogen-bond acceptors (Lipinski definition) is 12. The third kappa shape index (κ3) is 4.53. The summed E-state index contributed by atoms with van der Waals surface area (Å²) in [4.78, 5) is 47.6. The second-order valence-electron chi connectivity index (χ2n) is 4.84. The first-order chi connectivity index (χ1) is 10.4. The fourth-order valence-corrected chi connectivity index (χ4v) is 14.4. The Labute approximate surface area is 249 Å². The van der Waals surface area contributed by atoms with Crippen molar-refractivity contribution in [1.29, 1.82) is 0 Å². The normalized spacial score (nSPS) is 37.0. The summed E-state index contributed by atoms with van der Waals surface area (Å²) in [5.74, 6) is -3.84. The van der Waals surface area contributed by atoms with Gasteiger partial charge in [0.05, 0.1) is 0 Å². The Kier molecular flexibility index (Phi) is 10.9.